The third-order valence-corrected chi connectivity index (χ3v) is 4.01. The van der Waals surface area contributed by atoms with Gasteiger partial charge in [-0.3, -0.25) is 9.59 Å². The summed E-state index contributed by atoms with van der Waals surface area (Å²) in [4.78, 5) is 25.3. The summed E-state index contributed by atoms with van der Waals surface area (Å²) in [5, 5.41) is 3.27. The van der Waals surface area contributed by atoms with E-state index in [1.807, 2.05) is 18.2 Å². The number of nitrogens with zero attached hydrogens (tertiary/aromatic N) is 1. The molecule has 0 radical (unpaired) electrons. The fourth-order valence-corrected chi connectivity index (χ4v) is 2.58. The molecule has 2 aromatic carbocycles. The van der Waals surface area contributed by atoms with Crippen LogP contribution in [0.25, 0.3) is 0 Å². The van der Waals surface area contributed by atoms with E-state index in [-0.39, 0.29) is 30.7 Å². The van der Waals surface area contributed by atoms with Crippen molar-refractivity contribution in [3.8, 4) is 0 Å². The van der Waals surface area contributed by atoms with Gasteiger partial charge in [-0.05, 0) is 30.2 Å². The fraction of sp³-hybridized carbons (Fsp3) is 0.263. The maximum atomic E-state index is 13.5. The molecule has 25 heavy (non-hydrogen) atoms. The normalized spacial score (nSPS) is 10.4. The summed E-state index contributed by atoms with van der Waals surface area (Å²) < 4.78 is 13.5. The minimum Gasteiger partial charge on any atom is -0.350 e. The summed E-state index contributed by atoms with van der Waals surface area (Å²) in [5.41, 5.74) is 1.40. The molecule has 0 spiro atoms. The zero-order valence-electron chi connectivity index (χ0n) is 14.0. The highest BCUT2D eigenvalue weighted by Crippen LogP contribution is 2.11. The lowest BCUT2D eigenvalue weighted by molar-refractivity contribution is -0.134. The maximum Gasteiger partial charge on any atom is 0.239 e. The molecule has 1 N–H and O–H groups in total. The first-order valence-electron chi connectivity index (χ1n) is 7.96. The summed E-state index contributed by atoms with van der Waals surface area (Å²) in [7, 11) is 0. The molecule has 4 nitrogen and oxygen atoms in total. The van der Waals surface area contributed by atoms with E-state index in [0.717, 1.165) is 5.56 Å². The molecule has 0 fully saturated rings. The largest absolute Gasteiger partial charge is 0.350 e. The minimum absolute atomic E-state index is 0.0651. The number of rotatable bonds is 7. The van der Waals surface area contributed by atoms with Gasteiger partial charge < -0.3 is 10.2 Å². The van der Waals surface area contributed by atoms with E-state index in [4.69, 9.17) is 11.6 Å². The standard InChI is InChI=1S/C19H20ClFN2O2/c1-14(24)23(10-9-15-5-4-7-17(20)11-15)13-19(25)22-12-16-6-2-3-8-18(16)21/h2-8,11H,9-10,12-13H2,1H3,(H,22,25). The van der Waals surface area contributed by atoms with Crippen molar-refractivity contribution >= 4 is 23.4 Å². The predicted octanol–water partition coefficient (Wildman–Crippen LogP) is 3.19. The van der Waals surface area contributed by atoms with E-state index in [9.17, 15) is 14.0 Å². The van der Waals surface area contributed by atoms with Gasteiger partial charge in [0.15, 0.2) is 0 Å². The second kappa shape index (κ2) is 9.18. The lowest BCUT2D eigenvalue weighted by Gasteiger charge is -2.20. The molecule has 2 amide bonds. The van der Waals surface area contributed by atoms with Gasteiger partial charge in [-0.1, -0.05) is 41.9 Å². The molecule has 6 heteroatoms. The second-order valence-corrected chi connectivity index (χ2v) is 6.13. The van der Waals surface area contributed by atoms with Crippen molar-refractivity contribution < 1.29 is 14.0 Å². The first-order valence-corrected chi connectivity index (χ1v) is 8.33. The summed E-state index contributed by atoms with van der Waals surface area (Å²) in [6.07, 6.45) is 0.598. The Morgan fingerprint density at radius 2 is 1.92 bits per heavy atom. The molecule has 0 aliphatic carbocycles. The van der Waals surface area contributed by atoms with Crippen molar-refractivity contribution in [3.05, 3.63) is 70.5 Å². The van der Waals surface area contributed by atoms with Gasteiger partial charge in [0.2, 0.25) is 11.8 Å². The molecule has 0 aliphatic heterocycles. The molecule has 0 heterocycles. The first kappa shape index (κ1) is 18.9. The molecule has 0 aliphatic rings. The van der Waals surface area contributed by atoms with Gasteiger partial charge in [0.25, 0.3) is 0 Å². The first-order chi connectivity index (χ1) is 12.0. The number of hydrogen-bond donors (Lipinski definition) is 1. The van der Waals surface area contributed by atoms with Crippen LogP contribution in [0.4, 0.5) is 4.39 Å². The summed E-state index contributed by atoms with van der Waals surface area (Å²) >= 11 is 5.94. The maximum absolute atomic E-state index is 13.5. The Bertz CT molecular complexity index is 752. The number of benzene rings is 2. The van der Waals surface area contributed by atoms with Crippen molar-refractivity contribution in [2.75, 3.05) is 13.1 Å². The van der Waals surface area contributed by atoms with Crippen LogP contribution >= 0.6 is 11.6 Å². The topological polar surface area (TPSA) is 49.4 Å². The predicted molar refractivity (Wildman–Crippen MR) is 95.7 cm³/mol. The molecule has 132 valence electrons. The van der Waals surface area contributed by atoms with Crippen LogP contribution in [0.3, 0.4) is 0 Å². The van der Waals surface area contributed by atoms with Crippen LogP contribution in [0, 0.1) is 5.82 Å². The van der Waals surface area contributed by atoms with Crippen LogP contribution in [-0.2, 0) is 22.6 Å². The Labute approximate surface area is 151 Å². The van der Waals surface area contributed by atoms with Gasteiger partial charge in [-0.2, -0.15) is 0 Å². The molecule has 0 unspecified atom stereocenters. The minimum atomic E-state index is -0.368. The Kier molecular flexibility index (Phi) is 6.95. The fourth-order valence-electron chi connectivity index (χ4n) is 2.37. The number of carbonyl (C=O) groups is 2. The van der Waals surface area contributed by atoms with Crippen LogP contribution in [0.2, 0.25) is 5.02 Å². The summed E-state index contributed by atoms with van der Waals surface area (Å²) in [6, 6.07) is 13.6. The monoisotopic (exact) mass is 362 g/mol. The van der Waals surface area contributed by atoms with Gasteiger partial charge in [-0.25, -0.2) is 4.39 Å². The van der Waals surface area contributed by atoms with Crippen LogP contribution in [-0.4, -0.2) is 29.8 Å². The van der Waals surface area contributed by atoms with Crippen molar-refractivity contribution in [2.45, 2.75) is 19.9 Å². The van der Waals surface area contributed by atoms with E-state index in [1.54, 1.807) is 24.3 Å². The lowest BCUT2D eigenvalue weighted by atomic mass is 10.1. The average molecular weight is 363 g/mol. The SMILES string of the molecule is CC(=O)N(CCc1cccc(Cl)c1)CC(=O)NCc1ccccc1F. The number of nitrogens with one attached hydrogen (secondary N) is 1. The van der Waals surface area contributed by atoms with Crippen LogP contribution in [0.15, 0.2) is 48.5 Å². The van der Waals surface area contributed by atoms with Gasteiger partial charge in [-0.15, -0.1) is 0 Å². The van der Waals surface area contributed by atoms with E-state index >= 15 is 0 Å². The zero-order valence-corrected chi connectivity index (χ0v) is 14.7. The molecular formula is C19H20ClFN2O2. The van der Waals surface area contributed by atoms with Crippen LogP contribution in [0.5, 0.6) is 0 Å². The van der Waals surface area contributed by atoms with Crippen LogP contribution < -0.4 is 5.32 Å². The van der Waals surface area contributed by atoms with Gasteiger partial charge >= 0.3 is 0 Å². The van der Waals surface area contributed by atoms with E-state index in [1.165, 1.54) is 17.9 Å². The van der Waals surface area contributed by atoms with Crippen molar-refractivity contribution in [1.29, 1.82) is 0 Å². The van der Waals surface area contributed by atoms with Crippen molar-refractivity contribution in [3.63, 3.8) is 0 Å². The van der Waals surface area contributed by atoms with Gasteiger partial charge in [0, 0.05) is 30.6 Å². The van der Waals surface area contributed by atoms with Crippen molar-refractivity contribution in [2.24, 2.45) is 0 Å². The Balaban J connectivity index is 1.86. The third kappa shape index (κ3) is 6.19. The Morgan fingerprint density at radius 3 is 2.60 bits per heavy atom. The Hall–Kier alpha value is -2.40. The summed E-state index contributed by atoms with van der Waals surface area (Å²) in [5.74, 6) is -0.889. The van der Waals surface area contributed by atoms with Gasteiger partial charge in [0.05, 0.1) is 6.54 Å². The molecule has 2 aromatic rings. The number of amides is 2. The van der Waals surface area contributed by atoms with Crippen LogP contribution in [0.1, 0.15) is 18.1 Å². The van der Waals surface area contributed by atoms with Gasteiger partial charge in [0.1, 0.15) is 5.82 Å². The van der Waals surface area contributed by atoms with Crippen molar-refractivity contribution in [1.82, 2.24) is 10.2 Å². The molecule has 0 atom stereocenters. The molecule has 0 saturated heterocycles. The average Bonchev–Trinajstić information content (AvgIpc) is 2.57. The highest BCUT2D eigenvalue weighted by molar-refractivity contribution is 6.30. The number of halogens is 2. The molecular weight excluding hydrogens is 343 g/mol. The lowest BCUT2D eigenvalue weighted by Crippen LogP contribution is -2.40. The molecule has 0 bridgehead atoms. The highest BCUT2D eigenvalue weighted by Gasteiger charge is 2.14. The zero-order chi connectivity index (χ0) is 18.2. The number of hydrogen-bond acceptors (Lipinski definition) is 2. The number of carbonyl (C=O) groups excluding carboxylic acids is 2. The molecule has 0 saturated carbocycles. The van der Waals surface area contributed by atoms with E-state index in [0.29, 0.717) is 23.6 Å². The quantitative estimate of drug-likeness (QED) is 0.822. The highest BCUT2D eigenvalue weighted by atomic mass is 35.5. The summed E-state index contributed by atoms with van der Waals surface area (Å²) in [6.45, 7) is 1.85. The molecule has 2 rings (SSSR count). The second-order valence-electron chi connectivity index (χ2n) is 5.69. The van der Waals surface area contributed by atoms with E-state index in [2.05, 4.69) is 5.32 Å². The third-order valence-electron chi connectivity index (χ3n) is 3.77. The van der Waals surface area contributed by atoms with E-state index < -0.39 is 0 Å². The smallest absolute Gasteiger partial charge is 0.239 e. The molecule has 0 aromatic heterocycles. The Morgan fingerprint density at radius 1 is 1.16 bits per heavy atom.